The standard InChI is InChI=1S/C13H15N3O3/c1-18-13(17)11-3-2-10-12(15-11)16(8-14-10)9-4-6-19-7-5-9/h2-3,8-9H,4-7H2,1H3. The minimum Gasteiger partial charge on any atom is -0.464 e. The Morgan fingerprint density at radius 1 is 1.42 bits per heavy atom. The number of carbonyl (C=O) groups is 1. The van der Waals surface area contributed by atoms with E-state index in [2.05, 4.69) is 9.97 Å². The maximum atomic E-state index is 11.5. The number of esters is 1. The van der Waals surface area contributed by atoms with Crippen molar-refractivity contribution in [3.63, 3.8) is 0 Å². The van der Waals surface area contributed by atoms with Gasteiger partial charge in [-0.15, -0.1) is 0 Å². The summed E-state index contributed by atoms with van der Waals surface area (Å²) in [6.45, 7) is 1.50. The molecule has 0 spiro atoms. The van der Waals surface area contributed by atoms with E-state index in [9.17, 15) is 4.79 Å². The van der Waals surface area contributed by atoms with E-state index in [1.807, 2.05) is 4.57 Å². The van der Waals surface area contributed by atoms with Gasteiger partial charge in [-0.25, -0.2) is 14.8 Å². The predicted octanol–water partition coefficient (Wildman–Crippen LogP) is 1.57. The van der Waals surface area contributed by atoms with Gasteiger partial charge < -0.3 is 14.0 Å². The molecule has 0 bridgehead atoms. The molecule has 0 N–H and O–H groups in total. The van der Waals surface area contributed by atoms with Gasteiger partial charge in [-0.05, 0) is 25.0 Å². The number of aromatic nitrogens is 3. The molecule has 6 nitrogen and oxygen atoms in total. The van der Waals surface area contributed by atoms with Gasteiger partial charge in [-0.3, -0.25) is 0 Å². The van der Waals surface area contributed by atoms with E-state index in [1.165, 1.54) is 7.11 Å². The lowest BCUT2D eigenvalue weighted by molar-refractivity contribution is 0.0593. The average Bonchev–Trinajstić information content (AvgIpc) is 2.90. The van der Waals surface area contributed by atoms with Crippen LogP contribution in [0, 0.1) is 0 Å². The molecule has 100 valence electrons. The molecule has 3 rings (SSSR count). The molecule has 0 aliphatic carbocycles. The summed E-state index contributed by atoms with van der Waals surface area (Å²) in [6.07, 6.45) is 3.67. The fraction of sp³-hybridized carbons (Fsp3) is 0.462. The molecular weight excluding hydrogens is 246 g/mol. The smallest absolute Gasteiger partial charge is 0.356 e. The molecule has 0 radical (unpaired) electrons. The molecule has 0 amide bonds. The number of rotatable bonds is 2. The first-order valence-corrected chi connectivity index (χ1v) is 6.29. The Labute approximate surface area is 110 Å². The minimum atomic E-state index is -0.429. The predicted molar refractivity (Wildman–Crippen MR) is 68.0 cm³/mol. The molecule has 1 saturated heterocycles. The summed E-state index contributed by atoms with van der Waals surface area (Å²) >= 11 is 0. The van der Waals surface area contributed by atoms with Crippen molar-refractivity contribution in [2.75, 3.05) is 20.3 Å². The highest BCUT2D eigenvalue weighted by molar-refractivity contribution is 5.89. The van der Waals surface area contributed by atoms with Crippen molar-refractivity contribution in [1.29, 1.82) is 0 Å². The fourth-order valence-electron chi connectivity index (χ4n) is 2.36. The van der Waals surface area contributed by atoms with Crippen LogP contribution in [0.4, 0.5) is 0 Å². The molecule has 0 unspecified atom stereocenters. The molecule has 0 atom stereocenters. The lowest BCUT2D eigenvalue weighted by Gasteiger charge is -2.23. The highest BCUT2D eigenvalue weighted by Crippen LogP contribution is 2.24. The van der Waals surface area contributed by atoms with Crippen molar-refractivity contribution in [2.24, 2.45) is 0 Å². The summed E-state index contributed by atoms with van der Waals surface area (Å²) < 4.78 is 12.1. The van der Waals surface area contributed by atoms with Crippen molar-refractivity contribution in [2.45, 2.75) is 18.9 Å². The van der Waals surface area contributed by atoms with Crippen LogP contribution in [0.15, 0.2) is 18.5 Å². The molecule has 6 heteroatoms. The maximum absolute atomic E-state index is 11.5. The first-order valence-electron chi connectivity index (χ1n) is 6.29. The lowest BCUT2D eigenvalue weighted by atomic mass is 10.1. The van der Waals surface area contributed by atoms with E-state index in [4.69, 9.17) is 9.47 Å². The molecule has 1 aliphatic rings. The number of ether oxygens (including phenoxy) is 2. The van der Waals surface area contributed by atoms with Crippen molar-refractivity contribution in [1.82, 2.24) is 14.5 Å². The minimum absolute atomic E-state index is 0.309. The highest BCUT2D eigenvalue weighted by Gasteiger charge is 2.19. The van der Waals surface area contributed by atoms with Crippen LogP contribution >= 0.6 is 0 Å². The zero-order chi connectivity index (χ0) is 13.2. The number of methoxy groups -OCH3 is 1. The summed E-state index contributed by atoms with van der Waals surface area (Å²) in [7, 11) is 1.35. The highest BCUT2D eigenvalue weighted by atomic mass is 16.5. The van der Waals surface area contributed by atoms with Gasteiger partial charge in [0, 0.05) is 19.3 Å². The van der Waals surface area contributed by atoms with E-state index in [-0.39, 0.29) is 0 Å². The molecule has 0 aromatic carbocycles. The summed E-state index contributed by atoms with van der Waals surface area (Å²) in [4.78, 5) is 20.2. The largest absolute Gasteiger partial charge is 0.464 e. The Balaban J connectivity index is 2.02. The van der Waals surface area contributed by atoms with Crippen molar-refractivity contribution in [3.8, 4) is 0 Å². The third kappa shape index (κ3) is 2.19. The zero-order valence-corrected chi connectivity index (χ0v) is 10.7. The van der Waals surface area contributed by atoms with E-state index in [1.54, 1.807) is 18.5 Å². The van der Waals surface area contributed by atoms with Crippen LogP contribution in [0.25, 0.3) is 11.2 Å². The Morgan fingerprint density at radius 2 is 2.21 bits per heavy atom. The molecule has 1 fully saturated rings. The van der Waals surface area contributed by atoms with Crippen LogP contribution in [0.5, 0.6) is 0 Å². The van der Waals surface area contributed by atoms with Crippen LogP contribution < -0.4 is 0 Å². The Morgan fingerprint density at radius 3 is 2.95 bits per heavy atom. The fourth-order valence-corrected chi connectivity index (χ4v) is 2.36. The summed E-state index contributed by atoms with van der Waals surface area (Å²) in [5.41, 5.74) is 1.83. The molecule has 19 heavy (non-hydrogen) atoms. The van der Waals surface area contributed by atoms with Gasteiger partial charge in [0.25, 0.3) is 0 Å². The Bertz CT molecular complexity index is 602. The molecule has 3 heterocycles. The summed E-state index contributed by atoms with van der Waals surface area (Å²) in [6, 6.07) is 3.76. The van der Waals surface area contributed by atoms with E-state index >= 15 is 0 Å². The van der Waals surface area contributed by atoms with E-state index < -0.39 is 5.97 Å². The summed E-state index contributed by atoms with van der Waals surface area (Å²) in [5.74, 6) is -0.429. The molecule has 2 aromatic rings. The SMILES string of the molecule is COC(=O)c1ccc2ncn(C3CCOCC3)c2n1. The van der Waals surface area contributed by atoms with Gasteiger partial charge in [-0.2, -0.15) is 0 Å². The molecule has 0 saturated carbocycles. The number of hydrogen-bond acceptors (Lipinski definition) is 5. The van der Waals surface area contributed by atoms with Gasteiger partial charge in [0.15, 0.2) is 11.3 Å². The van der Waals surface area contributed by atoms with Crippen LogP contribution in [-0.2, 0) is 9.47 Å². The monoisotopic (exact) mass is 261 g/mol. The van der Waals surface area contributed by atoms with Crippen molar-refractivity contribution < 1.29 is 14.3 Å². The first-order chi connectivity index (χ1) is 9.29. The number of pyridine rings is 1. The number of nitrogens with zero attached hydrogens (tertiary/aromatic N) is 3. The molecule has 2 aromatic heterocycles. The van der Waals surface area contributed by atoms with E-state index in [0.29, 0.717) is 11.7 Å². The van der Waals surface area contributed by atoms with Gasteiger partial charge in [0.1, 0.15) is 5.52 Å². The van der Waals surface area contributed by atoms with Gasteiger partial charge in [-0.1, -0.05) is 0 Å². The van der Waals surface area contributed by atoms with Crippen molar-refractivity contribution >= 4 is 17.1 Å². The average molecular weight is 261 g/mol. The Hall–Kier alpha value is -1.95. The van der Waals surface area contributed by atoms with Crippen LogP contribution in [-0.4, -0.2) is 40.8 Å². The molecule has 1 aliphatic heterocycles. The molecular formula is C13H15N3O3. The first kappa shape index (κ1) is 12.1. The van der Waals surface area contributed by atoms with Gasteiger partial charge in [0.2, 0.25) is 0 Å². The number of hydrogen-bond donors (Lipinski definition) is 0. The second-order valence-corrected chi connectivity index (χ2v) is 4.53. The topological polar surface area (TPSA) is 66.2 Å². The second-order valence-electron chi connectivity index (χ2n) is 4.53. The normalized spacial score (nSPS) is 16.7. The Kier molecular flexibility index (Phi) is 3.16. The van der Waals surface area contributed by atoms with Crippen molar-refractivity contribution in [3.05, 3.63) is 24.2 Å². The number of fused-ring (bicyclic) bond motifs is 1. The van der Waals surface area contributed by atoms with Gasteiger partial charge >= 0.3 is 5.97 Å². The zero-order valence-electron chi connectivity index (χ0n) is 10.7. The quantitative estimate of drug-likeness (QED) is 0.768. The third-order valence-corrected chi connectivity index (χ3v) is 3.40. The van der Waals surface area contributed by atoms with E-state index in [0.717, 1.165) is 37.2 Å². The number of carbonyl (C=O) groups excluding carboxylic acids is 1. The number of imidazole rings is 1. The maximum Gasteiger partial charge on any atom is 0.356 e. The third-order valence-electron chi connectivity index (χ3n) is 3.40. The van der Waals surface area contributed by atoms with Crippen LogP contribution in [0.2, 0.25) is 0 Å². The lowest BCUT2D eigenvalue weighted by Crippen LogP contribution is -2.19. The van der Waals surface area contributed by atoms with Crippen LogP contribution in [0.1, 0.15) is 29.4 Å². The van der Waals surface area contributed by atoms with Crippen LogP contribution in [0.3, 0.4) is 0 Å². The van der Waals surface area contributed by atoms with Gasteiger partial charge in [0.05, 0.1) is 13.4 Å². The second kappa shape index (κ2) is 4.97. The summed E-state index contributed by atoms with van der Waals surface area (Å²) in [5, 5.41) is 0.